The molecule has 0 radical (unpaired) electrons. The molecule has 126 valence electrons. The zero-order valence-corrected chi connectivity index (χ0v) is 14.3. The van der Waals surface area contributed by atoms with Gasteiger partial charge in [0, 0.05) is 19.3 Å². The number of hydrogen-bond acceptors (Lipinski definition) is 4. The highest BCUT2D eigenvalue weighted by molar-refractivity contribution is 5.91. The largest absolute Gasteiger partial charge is 0.339 e. The predicted molar refractivity (Wildman–Crippen MR) is 98.7 cm³/mol. The van der Waals surface area contributed by atoms with Gasteiger partial charge in [0.2, 0.25) is 0 Å². The molecule has 0 unspecified atom stereocenters. The monoisotopic (exact) mass is 332 g/mol. The summed E-state index contributed by atoms with van der Waals surface area (Å²) in [6.45, 7) is 2.57. The van der Waals surface area contributed by atoms with Crippen molar-refractivity contribution in [2.45, 2.75) is 13.5 Å². The number of carbonyl (C=O) groups is 1. The zero-order valence-electron chi connectivity index (χ0n) is 14.3. The molecular weight excluding hydrogens is 312 g/mol. The number of hydrogen-bond donors (Lipinski definition) is 1. The third kappa shape index (κ3) is 4.41. The molecule has 0 aliphatic heterocycles. The van der Waals surface area contributed by atoms with Gasteiger partial charge in [-0.05, 0) is 24.6 Å². The molecule has 0 saturated heterocycles. The highest BCUT2D eigenvalue weighted by Gasteiger charge is 2.14. The highest BCUT2D eigenvalue weighted by Crippen LogP contribution is 2.14. The Morgan fingerprint density at radius 2 is 1.72 bits per heavy atom. The van der Waals surface area contributed by atoms with Gasteiger partial charge in [-0.3, -0.25) is 4.79 Å². The topological polar surface area (TPSA) is 58.1 Å². The van der Waals surface area contributed by atoms with Crippen molar-refractivity contribution in [1.29, 1.82) is 0 Å². The Bertz CT molecular complexity index is 830. The van der Waals surface area contributed by atoms with Gasteiger partial charge in [0.15, 0.2) is 0 Å². The van der Waals surface area contributed by atoms with E-state index >= 15 is 0 Å². The second-order valence-corrected chi connectivity index (χ2v) is 5.92. The Morgan fingerprint density at radius 3 is 2.36 bits per heavy atom. The van der Waals surface area contributed by atoms with Crippen LogP contribution in [0, 0.1) is 6.92 Å². The third-order valence-electron chi connectivity index (χ3n) is 3.80. The number of benzene rings is 2. The molecule has 1 heterocycles. The fraction of sp³-hybridized carbons (Fsp3) is 0.150. The van der Waals surface area contributed by atoms with Gasteiger partial charge in [0.25, 0.3) is 5.91 Å². The molecule has 0 aliphatic rings. The predicted octanol–water partition coefficient (Wildman–Crippen LogP) is 3.80. The van der Waals surface area contributed by atoms with Crippen molar-refractivity contribution >= 4 is 17.4 Å². The first-order chi connectivity index (χ1) is 12.1. The van der Waals surface area contributed by atoms with Crippen LogP contribution in [-0.4, -0.2) is 27.8 Å². The maximum atomic E-state index is 12.5. The van der Waals surface area contributed by atoms with Crippen molar-refractivity contribution < 1.29 is 4.79 Å². The second kappa shape index (κ2) is 7.57. The number of nitrogens with zero attached hydrogens (tertiary/aromatic N) is 3. The lowest BCUT2D eigenvalue weighted by molar-refractivity contribution is 0.0779. The van der Waals surface area contributed by atoms with Crippen molar-refractivity contribution in [3.05, 3.63) is 83.8 Å². The molecule has 3 aromatic rings. The van der Waals surface area contributed by atoms with E-state index in [0.29, 0.717) is 18.1 Å². The number of carbonyl (C=O) groups excluding carboxylic acids is 1. The Balaban J connectivity index is 1.64. The number of anilines is 2. The van der Waals surface area contributed by atoms with Crippen LogP contribution in [0.4, 0.5) is 11.5 Å². The lowest BCUT2D eigenvalue weighted by atomic mass is 10.2. The average Bonchev–Trinajstić information content (AvgIpc) is 2.64. The molecule has 0 saturated carbocycles. The quantitative estimate of drug-likeness (QED) is 0.772. The number of rotatable bonds is 5. The summed E-state index contributed by atoms with van der Waals surface area (Å²) >= 11 is 0. The minimum absolute atomic E-state index is 0.154. The standard InChI is InChI=1S/C20H20N4O/c1-15-8-10-17(11-9-15)23-19-13-21-18(12-22-19)20(25)24(2)14-16-6-4-3-5-7-16/h3-13H,14H2,1-2H3,(H,22,23). The second-order valence-electron chi connectivity index (χ2n) is 5.92. The maximum Gasteiger partial charge on any atom is 0.274 e. The summed E-state index contributed by atoms with van der Waals surface area (Å²) in [7, 11) is 1.76. The Hall–Kier alpha value is -3.21. The first-order valence-corrected chi connectivity index (χ1v) is 8.07. The van der Waals surface area contributed by atoms with Gasteiger partial charge in [0.05, 0.1) is 12.4 Å². The highest BCUT2D eigenvalue weighted by atomic mass is 16.2. The van der Waals surface area contributed by atoms with Crippen LogP contribution in [0.5, 0.6) is 0 Å². The fourth-order valence-corrected chi connectivity index (χ4v) is 2.41. The van der Waals surface area contributed by atoms with E-state index in [9.17, 15) is 4.79 Å². The molecular formula is C20H20N4O. The van der Waals surface area contributed by atoms with Gasteiger partial charge in [0.1, 0.15) is 11.5 Å². The van der Waals surface area contributed by atoms with E-state index in [1.807, 2.05) is 61.5 Å². The number of aryl methyl sites for hydroxylation is 1. The van der Waals surface area contributed by atoms with Gasteiger partial charge in [-0.15, -0.1) is 0 Å². The number of amides is 1. The van der Waals surface area contributed by atoms with Crippen molar-refractivity contribution in [2.75, 3.05) is 12.4 Å². The summed E-state index contributed by atoms with van der Waals surface area (Å²) in [4.78, 5) is 22.6. The Morgan fingerprint density at radius 1 is 1.00 bits per heavy atom. The van der Waals surface area contributed by atoms with Crippen molar-refractivity contribution in [3.8, 4) is 0 Å². The Labute approximate surface area is 147 Å². The molecule has 0 bridgehead atoms. The van der Waals surface area contributed by atoms with Crippen molar-refractivity contribution in [1.82, 2.24) is 14.9 Å². The van der Waals surface area contributed by atoms with E-state index in [-0.39, 0.29) is 5.91 Å². The average molecular weight is 332 g/mol. The molecule has 5 nitrogen and oxygen atoms in total. The smallest absolute Gasteiger partial charge is 0.274 e. The van der Waals surface area contributed by atoms with Crippen LogP contribution in [0.25, 0.3) is 0 Å². The lowest BCUT2D eigenvalue weighted by Gasteiger charge is -2.16. The van der Waals surface area contributed by atoms with Crippen LogP contribution in [0.3, 0.4) is 0 Å². The normalized spacial score (nSPS) is 10.3. The molecule has 1 N–H and O–H groups in total. The molecule has 0 atom stereocenters. The van der Waals surface area contributed by atoms with E-state index in [2.05, 4.69) is 15.3 Å². The molecule has 1 aromatic heterocycles. The maximum absolute atomic E-state index is 12.5. The van der Waals surface area contributed by atoms with E-state index < -0.39 is 0 Å². The number of aromatic nitrogens is 2. The summed E-state index contributed by atoms with van der Waals surface area (Å²) in [5.74, 6) is 0.448. The van der Waals surface area contributed by atoms with Gasteiger partial charge in [-0.25, -0.2) is 9.97 Å². The molecule has 0 spiro atoms. The molecule has 5 heteroatoms. The summed E-state index contributed by atoms with van der Waals surface area (Å²) in [5.41, 5.74) is 3.52. The minimum atomic E-state index is -0.154. The van der Waals surface area contributed by atoms with Gasteiger partial charge >= 0.3 is 0 Å². The van der Waals surface area contributed by atoms with Crippen LogP contribution in [0.15, 0.2) is 67.0 Å². The van der Waals surface area contributed by atoms with Gasteiger partial charge in [-0.1, -0.05) is 48.0 Å². The van der Waals surface area contributed by atoms with Gasteiger partial charge in [-0.2, -0.15) is 0 Å². The van der Waals surface area contributed by atoms with E-state index in [1.165, 1.54) is 11.8 Å². The first kappa shape index (κ1) is 16.6. The fourth-order valence-electron chi connectivity index (χ4n) is 2.41. The van der Waals surface area contributed by atoms with E-state index in [4.69, 9.17) is 0 Å². The lowest BCUT2D eigenvalue weighted by Crippen LogP contribution is -2.27. The van der Waals surface area contributed by atoms with Crippen LogP contribution in [0.1, 0.15) is 21.6 Å². The Kier molecular flexibility index (Phi) is 5.04. The first-order valence-electron chi connectivity index (χ1n) is 8.07. The molecule has 3 rings (SSSR count). The summed E-state index contributed by atoms with van der Waals surface area (Å²) in [5, 5.41) is 3.17. The van der Waals surface area contributed by atoms with Crippen LogP contribution in [0.2, 0.25) is 0 Å². The molecule has 0 aliphatic carbocycles. The van der Waals surface area contributed by atoms with Crippen molar-refractivity contribution in [3.63, 3.8) is 0 Å². The van der Waals surface area contributed by atoms with Gasteiger partial charge < -0.3 is 10.2 Å². The van der Waals surface area contributed by atoms with E-state index in [1.54, 1.807) is 18.1 Å². The molecule has 0 fully saturated rings. The minimum Gasteiger partial charge on any atom is -0.339 e. The summed E-state index contributed by atoms with van der Waals surface area (Å²) < 4.78 is 0. The van der Waals surface area contributed by atoms with Crippen molar-refractivity contribution in [2.24, 2.45) is 0 Å². The van der Waals surface area contributed by atoms with Crippen LogP contribution in [-0.2, 0) is 6.54 Å². The molecule has 25 heavy (non-hydrogen) atoms. The van der Waals surface area contributed by atoms with E-state index in [0.717, 1.165) is 11.3 Å². The summed E-state index contributed by atoms with van der Waals surface area (Å²) in [6, 6.07) is 17.8. The zero-order chi connectivity index (χ0) is 17.6. The van der Waals surface area contributed by atoms with Crippen LogP contribution < -0.4 is 5.32 Å². The van der Waals surface area contributed by atoms with Crippen LogP contribution >= 0.6 is 0 Å². The molecule has 1 amide bonds. The number of nitrogens with one attached hydrogen (secondary N) is 1. The third-order valence-corrected chi connectivity index (χ3v) is 3.80. The SMILES string of the molecule is Cc1ccc(Nc2cnc(C(=O)N(C)Cc3ccccc3)cn2)cc1. The summed E-state index contributed by atoms with van der Waals surface area (Å²) in [6.07, 6.45) is 3.07. The molecule has 2 aromatic carbocycles.